The van der Waals surface area contributed by atoms with Crippen molar-refractivity contribution in [3.05, 3.63) is 48.7 Å². The molecule has 0 unspecified atom stereocenters. The van der Waals surface area contributed by atoms with Gasteiger partial charge in [0.25, 0.3) is 0 Å². The van der Waals surface area contributed by atoms with E-state index in [9.17, 15) is 0 Å². The molecule has 0 radical (unpaired) electrons. The lowest BCUT2D eigenvalue weighted by atomic mass is 10.2. The summed E-state index contributed by atoms with van der Waals surface area (Å²) < 4.78 is 0. The number of nitrogens with one attached hydrogen (secondary N) is 1. The van der Waals surface area contributed by atoms with E-state index in [-0.39, 0.29) is 0 Å². The highest BCUT2D eigenvalue weighted by Crippen LogP contribution is 2.15. The van der Waals surface area contributed by atoms with Crippen LogP contribution in [0.4, 0.5) is 5.82 Å². The molecule has 3 nitrogen and oxygen atoms in total. The number of aromatic nitrogens is 1. The number of rotatable bonds is 9. The molecule has 0 aliphatic rings. The molecule has 0 saturated heterocycles. The predicted molar refractivity (Wildman–Crippen MR) is 83.6 cm³/mol. The van der Waals surface area contributed by atoms with Crippen LogP contribution in [0.3, 0.4) is 0 Å². The Morgan fingerprint density at radius 2 is 1.95 bits per heavy atom. The van der Waals surface area contributed by atoms with Crippen LogP contribution < -0.4 is 10.2 Å². The van der Waals surface area contributed by atoms with Crippen LogP contribution in [0, 0.1) is 6.92 Å². The Labute approximate surface area is 117 Å². The average Bonchev–Trinajstić information content (AvgIpc) is 2.38. The molecule has 0 aromatic carbocycles. The number of nitrogens with zero attached hydrogens (tertiary/aromatic N) is 2. The van der Waals surface area contributed by atoms with E-state index in [1.807, 2.05) is 19.1 Å². The summed E-state index contributed by atoms with van der Waals surface area (Å²) in [6, 6.07) is 4.27. The van der Waals surface area contributed by atoms with Gasteiger partial charge in [0, 0.05) is 25.3 Å². The molecule has 0 bridgehead atoms. The zero-order chi connectivity index (χ0) is 14.1. The second-order valence-corrected chi connectivity index (χ2v) is 4.63. The summed E-state index contributed by atoms with van der Waals surface area (Å²) in [5, 5.41) is 3.42. The molecule has 3 heteroatoms. The Balaban J connectivity index is 2.86. The van der Waals surface area contributed by atoms with Crippen LogP contribution in [0.15, 0.2) is 37.4 Å². The van der Waals surface area contributed by atoms with Crippen molar-refractivity contribution in [3.63, 3.8) is 0 Å². The maximum atomic E-state index is 4.60. The molecule has 0 spiro atoms. The molecule has 0 aliphatic carbocycles. The molecule has 0 amide bonds. The minimum absolute atomic E-state index is 0.782. The van der Waals surface area contributed by atoms with Gasteiger partial charge < -0.3 is 10.2 Å². The van der Waals surface area contributed by atoms with Crippen LogP contribution in [-0.2, 0) is 6.54 Å². The molecule has 1 aromatic rings. The lowest BCUT2D eigenvalue weighted by Gasteiger charge is -2.21. The first-order valence-corrected chi connectivity index (χ1v) is 6.86. The molecular weight excluding hydrogens is 234 g/mol. The molecule has 0 atom stereocenters. The van der Waals surface area contributed by atoms with E-state index < -0.39 is 0 Å². The summed E-state index contributed by atoms with van der Waals surface area (Å²) >= 11 is 0. The third kappa shape index (κ3) is 5.26. The Morgan fingerprint density at radius 1 is 1.26 bits per heavy atom. The van der Waals surface area contributed by atoms with E-state index in [1.165, 1.54) is 5.56 Å². The maximum Gasteiger partial charge on any atom is 0.129 e. The van der Waals surface area contributed by atoms with Crippen LogP contribution >= 0.6 is 0 Å². The van der Waals surface area contributed by atoms with Gasteiger partial charge in [-0.05, 0) is 37.6 Å². The van der Waals surface area contributed by atoms with Gasteiger partial charge in [0.1, 0.15) is 5.82 Å². The molecule has 0 saturated carbocycles. The third-order valence-corrected chi connectivity index (χ3v) is 2.78. The van der Waals surface area contributed by atoms with Crippen molar-refractivity contribution >= 4 is 5.82 Å². The van der Waals surface area contributed by atoms with Crippen LogP contribution in [0.25, 0.3) is 0 Å². The minimum Gasteiger partial charge on any atom is -0.349 e. The molecule has 104 valence electrons. The van der Waals surface area contributed by atoms with Crippen molar-refractivity contribution in [1.82, 2.24) is 10.3 Å². The number of pyridine rings is 1. The summed E-state index contributed by atoms with van der Waals surface area (Å²) in [5.41, 5.74) is 2.32. The van der Waals surface area contributed by atoms with E-state index in [1.54, 1.807) is 0 Å². The number of anilines is 1. The van der Waals surface area contributed by atoms with Gasteiger partial charge in [-0.2, -0.15) is 0 Å². The Hall–Kier alpha value is -1.61. The van der Waals surface area contributed by atoms with Gasteiger partial charge in [0.05, 0.1) is 0 Å². The van der Waals surface area contributed by atoms with E-state index in [4.69, 9.17) is 0 Å². The first-order valence-electron chi connectivity index (χ1n) is 6.86. The molecule has 1 aromatic heterocycles. The molecule has 0 fully saturated rings. The summed E-state index contributed by atoms with van der Waals surface area (Å²) in [5.74, 6) is 0.994. The third-order valence-electron chi connectivity index (χ3n) is 2.78. The smallest absolute Gasteiger partial charge is 0.129 e. The molecule has 19 heavy (non-hydrogen) atoms. The van der Waals surface area contributed by atoms with Gasteiger partial charge in [0.2, 0.25) is 0 Å². The summed E-state index contributed by atoms with van der Waals surface area (Å²) in [6.45, 7) is 15.3. The second-order valence-electron chi connectivity index (χ2n) is 4.63. The largest absolute Gasteiger partial charge is 0.349 e. The fourth-order valence-electron chi connectivity index (χ4n) is 1.97. The topological polar surface area (TPSA) is 28.2 Å². The highest BCUT2D eigenvalue weighted by atomic mass is 15.2. The highest BCUT2D eigenvalue weighted by molar-refractivity contribution is 5.44. The number of hydrogen-bond acceptors (Lipinski definition) is 3. The minimum atomic E-state index is 0.782. The molecule has 1 heterocycles. The van der Waals surface area contributed by atoms with Gasteiger partial charge in [-0.15, -0.1) is 13.2 Å². The zero-order valence-electron chi connectivity index (χ0n) is 12.2. The number of aryl methyl sites for hydroxylation is 1. The van der Waals surface area contributed by atoms with Gasteiger partial charge in [-0.25, -0.2) is 4.98 Å². The van der Waals surface area contributed by atoms with Crippen LogP contribution in [0.5, 0.6) is 0 Å². The average molecular weight is 259 g/mol. The maximum absolute atomic E-state index is 4.60. The van der Waals surface area contributed by atoms with Crippen LogP contribution in [-0.4, -0.2) is 24.6 Å². The van der Waals surface area contributed by atoms with Crippen molar-refractivity contribution in [3.8, 4) is 0 Å². The Bertz CT molecular complexity index is 402. The fourth-order valence-corrected chi connectivity index (χ4v) is 1.97. The van der Waals surface area contributed by atoms with Crippen molar-refractivity contribution in [2.24, 2.45) is 0 Å². The fraction of sp³-hybridized carbons (Fsp3) is 0.438. The van der Waals surface area contributed by atoms with Gasteiger partial charge in [-0.3, -0.25) is 0 Å². The monoisotopic (exact) mass is 259 g/mol. The quantitative estimate of drug-likeness (QED) is 0.545. The van der Waals surface area contributed by atoms with Crippen molar-refractivity contribution < 1.29 is 0 Å². The standard InChI is InChI=1S/C16H25N3/c1-5-8-17-13-15-11-14(4)18-16(12-15)19(9-6-2)10-7-3/h6-7,11-12,17H,2-3,5,8-10,13H2,1,4H3. The summed E-state index contributed by atoms with van der Waals surface area (Å²) in [7, 11) is 0. The first kappa shape index (κ1) is 15.4. The van der Waals surface area contributed by atoms with Crippen LogP contribution in [0.2, 0.25) is 0 Å². The highest BCUT2D eigenvalue weighted by Gasteiger charge is 2.07. The Morgan fingerprint density at radius 3 is 2.53 bits per heavy atom. The summed E-state index contributed by atoms with van der Waals surface area (Å²) in [6.07, 6.45) is 4.93. The van der Waals surface area contributed by atoms with Crippen LogP contribution in [0.1, 0.15) is 24.6 Å². The first-order chi connectivity index (χ1) is 9.21. The van der Waals surface area contributed by atoms with E-state index in [2.05, 4.69) is 47.4 Å². The lowest BCUT2D eigenvalue weighted by Crippen LogP contribution is -2.25. The second kappa shape index (κ2) is 8.48. The summed E-state index contributed by atoms with van der Waals surface area (Å²) in [4.78, 5) is 6.77. The van der Waals surface area contributed by atoms with Crippen molar-refractivity contribution in [2.45, 2.75) is 26.8 Å². The van der Waals surface area contributed by atoms with Gasteiger partial charge >= 0.3 is 0 Å². The molecule has 1 rings (SSSR count). The normalized spacial score (nSPS) is 10.2. The van der Waals surface area contributed by atoms with Gasteiger partial charge in [0.15, 0.2) is 0 Å². The van der Waals surface area contributed by atoms with E-state index in [0.29, 0.717) is 0 Å². The number of hydrogen-bond donors (Lipinski definition) is 1. The van der Waals surface area contributed by atoms with Crippen molar-refractivity contribution in [1.29, 1.82) is 0 Å². The Kier molecular flexibility index (Phi) is 6.90. The van der Waals surface area contributed by atoms with Gasteiger partial charge in [-0.1, -0.05) is 19.1 Å². The predicted octanol–water partition coefficient (Wildman–Crippen LogP) is 3.07. The van der Waals surface area contributed by atoms with E-state index >= 15 is 0 Å². The lowest BCUT2D eigenvalue weighted by molar-refractivity contribution is 0.674. The SMILES string of the molecule is C=CCN(CC=C)c1cc(CNCCC)cc(C)n1. The zero-order valence-corrected chi connectivity index (χ0v) is 12.2. The molecule has 1 N–H and O–H groups in total. The van der Waals surface area contributed by atoms with E-state index in [0.717, 1.165) is 44.1 Å². The molecular formula is C16H25N3. The van der Waals surface area contributed by atoms with Crippen molar-refractivity contribution in [2.75, 3.05) is 24.5 Å². The molecule has 0 aliphatic heterocycles.